The number of fused-ring (bicyclic) bond motifs is 5. The normalized spacial score (nSPS) is 19.1. The maximum atomic E-state index is 5.65. The van der Waals surface area contributed by atoms with E-state index in [1.54, 1.807) is 0 Å². The largest absolute Gasteiger partial charge is 0.330 e. The van der Waals surface area contributed by atoms with Crippen LogP contribution in [0.15, 0.2) is 42.6 Å². The summed E-state index contributed by atoms with van der Waals surface area (Å²) < 4.78 is 0. The van der Waals surface area contributed by atoms with Crippen LogP contribution in [0.5, 0.6) is 0 Å². The Morgan fingerprint density at radius 1 is 1.05 bits per heavy atom. The molecule has 3 nitrogen and oxygen atoms in total. The molecule has 114 valence electrons. The molecule has 0 saturated carbocycles. The highest BCUT2D eigenvalue weighted by molar-refractivity contribution is 5.78. The fraction of sp³-hybridized carbons (Fsp3) is 0.421. The van der Waals surface area contributed by atoms with E-state index in [4.69, 9.17) is 5.73 Å². The molecule has 0 unspecified atom stereocenters. The highest BCUT2D eigenvalue weighted by atomic mass is 15.1. The molecule has 0 amide bonds. The van der Waals surface area contributed by atoms with Gasteiger partial charge in [-0.15, -0.1) is 0 Å². The Balaban J connectivity index is 1.70. The lowest BCUT2D eigenvalue weighted by Crippen LogP contribution is -2.43. The van der Waals surface area contributed by atoms with Crippen molar-refractivity contribution in [2.45, 2.75) is 24.7 Å². The van der Waals surface area contributed by atoms with Crippen molar-refractivity contribution in [2.75, 3.05) is 26.2 Å². The maximum absolute atomic E-state index is 5.65. The van der Waals surface area contributed by atoms with Crippen LogP contribution in [0.1, 0.15) is 30.4 Å². The fourth-order valence-electron chi connectivity index (χ4n) is 4.27. The zero-order valence-corrected chi connectivity index (χ0v) is 13.0. The number of rotatable bonds is 3. The zero-order chi connectivity index (χ0) is 15.0. The summed E-state index contributed by atoms with van der Waals surface area (Å²) in [6.07, 6.45) is 5.40. The Bertz CT molecular complexity index is 624. The molecule has 0 radical (unpaired) electrons. The summed E-state index contributed by atoms with van der Waals surface area (Å²) in [5.41, 5.74) is 11.3. The van der Waals surface area contributed by atoms with Crippen LogP contribution < -0.4 is 5.73 Å². The van der Waals surface area contributed by atoms with Gasteiger partial charge in [-0.2, -0.15) is 0 Å². The SMILES string of the molecule is NCCCN1CCC2(CC1)c1ccccc1-c1ncccc12. The predicted octanol–water partition coefficient (Wildman–Crippen LogP) is 2.79. The smallest absolute Gasteiger partial charge is 0.0746 e. The van der Waals surface area contributed by atoms with Crippen molar-refractivity contribution in [1.82, 2.24) is 9.88 Å². The van der Waals surface area contributed by atoms with Gasteiger partial charge in [0.2, 0.25) is 0 Å². The minimum absolute atomic E-state index is 0.180. The van der Waals surface area contributed by atoms with Crippen LogP contribution in [0.3, 0.4) is 0 Å². The molecule has 2 aliphatic rings. The third-order valence-corrected chi connectivity index (χ3v) is 5.41. The predicted molar refractivity (Wildman–Crippen MR) is 89.8 cm³/mol. The molecule has 0 bridgehead atoms. The third-order valence-electron chi connectivity index (χ3n) is 5.41. The van der Waals surface area contributed by atoms with E-state index in [-0.39, 0.29) is 5.41 Å². The molecule has 2 N–H and O–H groups in total. The molecule has 1 aliphatic heterocycles. The van der Waals surface area contributed by atoms with Gasteiger partial charge < -0.3 is 10.6 Å². The first-order valence-corrected chi connectivity index (χ1v) is 8.33. The Morgan fingerprint density at radius 2 is 1.82 bits per heavy atom. The molecule has 22 heavy (non-hydrogen) atoms. The van der Waals surface area contributed by atoms with E-state index >= 15 is 0 Å². The monoisotopic (exact) mass is 293 g/mol. The first-order valence-electron chi connectivity index (χ1n) is 8.33. The van der Waals surface area contributed by atoms with Crippen LogP contribution in [0.2, 0.25) is 0 Å². The number of piperidine rings is 1. The van der Waals surface area contributed by atoms with Crippen LogP contribution in [0, 0.1) is 0 Å². The number of pyridine rings is 1. The molecule has 1 saturated heterocycles. The number of nitrogens with two attached hydrogens (primary N) is 1. The number of likely N-dealkylation sites (tertiary alicyclic amines) is 1. The molecule has 1 fully saturated rings. The van der Waals surface area contributed by atoms with Crippen LogP contribution >= 0.6 is 0 Å². The molecule has 1 aliphatic carbocycles. The van der Waals surface area contributed by atoms with Crippen molar-refractivity contribution in [1.29, 1.82) is 0 Å². The van der Waals surface area contributed by atoms with Gasteiger partial charge in [-0.1, -0.05) is 30.3 Å². The van der Waals surface area contributed by atoms with Crippen molar-refractivity contribution in [3.8, 4) is 11.3 Å². The van der Waals surface area contributed by atoms with Crippen molar-refractivity contribution in [3.05, 3.63) is 53.7 Å². The summed E-state index contributed by atoms with van der Waals surface area (Å²) in [4.78, 5) is 7.25. The van der Waals surface area contributed by atoms with Crippen LogP contribution in [0.25, 0.3) is 11.3 Å². The average molecular weight is 293 g/mol. The molecule has 3 heteroatoms. The van der Waals surface area contributed by atoms with E-state index < -0.39 is 0 Å². The van der Waals surface area contributed by atoms with E-state index in [0.717, 1.165) is 32.6 Å². The van der Waals surface area contributed by atoms with Crippen molar-refractivity contribution >= 4 is 0 Å². The summed E-state index contributed by atoms with van der Waals surface area (Å²) in [5.74, 6) is 0. The summed E-state index contributed by atoms with van der Waals surface area (Å²) in [7, 11) is 0. The second kappa shape index (κ2) is 5.49. The molecule has 1 aromatic carbocycles. The zero-order valence-electron chi connectivity index (χ0n) is 13.0. The average Bonchev–Trinajstić information content (AvgIpc) is 2.86. The van der Waals surface area contributed by atoms with Crippen molar-refractivity contribution in [2.24, 2.45) is 5.73 Å². The highest BCUT2D eigenvalue weighted by Crippen LogP contribution is 2.52. The second-order valence-electron chi connectivity index (χ2n) is 6.51. The quantitative estimate of drug-likeness (QED) is 0.946. The first-order chi connectivity index (χ1) is 10.8. The number of hydrogen-bond acceptors (Lipinski definition) is 3. The number of nitrogens with zero attached hydrogens (tertiary/aromatic N) is 2. The van der Waals surface area contributed by atoms with Gasteiger partial charge in [0.15, 0.2) is 0 Å². The molecule has 0 atom stereocenters. The topological polar surface area (TPSA) is 42.1 Å². The van der Waals surface area contributed by atoms with Crippen LogP contribution in [-0.4, -0.2) is 36.1 Å². The van der Waals surface area contributed by atoms with Gasteiger partial charge in [-0.05, 0) is 62.6 Å². The summed E-state index contributed by atoms with van der Waals surface area (Å²) in [6, 6.07) is 13.2. The molecule has 2 heterocycles. The Labute approximate surface area is 132 Å². The molecular weight excluding hydrogens is 270 g/mol. The Morgan fingerprint density at radius 3 is 2.64 bits per heavy atom. The van der Waals surface area contributed by atoms with E-state index in [9.17, 15) is 0 Å². The van der Waals surface area contributed by atoms with Crippen molar-refractivity contribution in [3.63, 3.8) is 0 Å². The molecular formula is C19H23N3. The molecule has 2 aromatic rings. The van der Waals surface area contributed by atoms with E-state index in [1.807, 2.05) is 6.20 Å². The van der Waals surface area contributed by atoms with Gasteiger partial charge in [-0.25, -0.2) is 0 Å². The van der Waals surface area contributed by atoms with Gasteiger partial charge in [0.25, 0.3) is 0 Å². The molecule has 1 aromatic heterocycles. The summed E-state index contributed by atoms with van der Waals surface area (Å²) >= 11 is 0. The van der Waals surface area contributed by atoms with Crippen LogP contribution in [-0.2, 0) is 5.41 Å². The van der Waals surface area contributed by atoms with Crippen molar-refractivity contribution < 1.29 is 0 Å². The molecule has 1 spiro atoms. The summed E-state index contributed by atoms with van der Waals surface area (Å²) in [5, 5.41) is 0. The first kappa shape index (κ1) is 13.9. The molecule has 4 rings (SSSR count). The van der Waals surface area contributed by atoms with Gasteiger partial charge in [0.1, 0.15) is 0 Å². The number of aromatic nitrogens is 1. The lowest BCUT2D eigenvalue weighted by atomic mass is 9.71. The minimum Gasteiger partial charge on any atom is -0.330 e. The van der Waals surface area contributed by atoms with E-state index in [0.29, 0.717) is 0 Å². The van der Waals surface area contributed by atoms with E-state index in [2.05, 4.69) is 46.3 Å². The standard InChI is InChI=1S/C19H23N3/c20-10-4-12-22-13-8-19(9-14-22)16-6-2-1-5-15(16)18-17(19)7-3-11-21-18/h1-3,5-7,11H,4,8-10,12-14,20H2. The fourth-order valence-corrected chi connectivity index (χ4v) is 4.27. The Hall–Kier alpha value is -1.71. The van der Waals surface area contributed by atoms with Gasteiger partial charge in [0.05, 0.1) is 5.69 Å². The lowest BCUT2D eigenvalue weighted by Gasteiger charge is -2.40. The van der Waals surface area contributed by atoms with Gasteiger partial charge in [0, 0.05) is 17.2 Å². The minimum atomic E-state index is 0.180. The van der Waals surface area contributed by atoms with E-state index in [1.165, 1.54) is 35.2 Å². The lowest BCUT2D eigenvalue weighted by molar-refractivity contribution is 0.180. The second-order valence-corrected chi connectivity index (χ2v) is 6.51. The van der Waals surface area contributed by atoms with Gasteiger partial charge >= 0.3 is 0 Å². The van der Waals surface area contributed by atoms with Crippen LogP contribution in [0.4, 0.5) is 0 Å². The maximum Gasteiger partial charge on any atom is 0.0746 e. The number of benzene rings is 1. The third kappa shape index (κ3) is 2.00. The summed E-state index contributed by atoms with van der Waals surface area (Å²) in [6.45, 7) is 4.23. The number of hydrogen-bond donors (Lipinski definition) is 1. The Kier molecular flexibility index (Phi) is 3.47. The van der Waals surface area contributed by atoms with Gasteiger partial charge in [-0.3, -0.25) is 4.98 Å². The highest BCUT2D eigenvalue weighted by Gasteiger charge is 2.45.